The molecule has 23 heavy (non-hydrogen) atoms. The molecule has 6 nitrogen and oxygen atoms in total. The number of hydrogen-bond acceptors (Lipinski definition) is 6. The Morgan fingerprint density at radius 1 is 1.22 bits per heavy atom. The molecule has 0 bridgehead atoms. The molecule has 1 unspecified atom stereocenters. The number of carbonyl (C=O) groups excluding carboxylic acids is 3. The molecule has 3 rings (SSSR count). The Balaban J connectivity index is 1.66. The fraction of sp³-hybridized carbons (Fsp3) is 0.353. The minimum atomic E-state index is -0.665. The van der Waals surface area contributed by atoms with E-state index in [-0.39, 0.29) is 42.7 Å². The van der Waals surface area contributed by atoms with Gasteiger partial charge in [-0.15, -0.1) is 0 Å². The zero-order valence-corrected chi connectivity index (χ0v) is 12.4. The lowest BCUT2D eigenvalue weighted by Crippen LogP contribution is -2.35. The molecule has 2 aliphatic rings. The van der Waals surface area contributed by atoms with Crippen molar-refractivity contribution in [2.45, 2.75) is 12.5 Å². The SMILES string of the molecule is O=C1C=C(OCC(=O)C2COC[C@@H](O)C2)C(=O)c2ccccc21. The molecule has 1 saturated heterocycles. The molecule has 120 valence electrons. The lowest BCUT2D eigenvalue weighted by Gasteiger charge is -2.25. The molecule has 0 spiro atoms. The third kappa shape index (κ3) is 3.23. The molecule has 0 amide bonds. The second kappa shape index (κ2) is 6.44. The van der Waals surface area contributed by atoms with Gasteiger partial charge in [0.05, 0.1) is 19.3 Å². The van der Waals surface area contributed by atoms with Crippen molar-refractivity contribution in [2.75, 3.05) is 19.8 Å². The van der Waals surface area contributed by atoms with E-state index in [0.29, 0.717) is 12.0 Å². The lowest BCUT2D eigenvalue weighted by molar-refractivity contribution is -0.134. The summed E-state index contributed by atoms with van der Waals surface area (Å²) in [5.74, 6) is -1.57. The van der Waals surface area contributed by atoms with Crippen LogP contribution in [0.4, 0.5) is 0 Å². The fourth-order valence-electron chi connectivity index (χ4n) is 2.70. The Bertz CT molecular complexity index is 690. The van der Waals surface area contributed by atoms with Crippen LogP contribution in [0.15, 0.2) is 36.1 Å². The van der Waals surface area contributed by atoms with E-state index in [4.69, 9.17) is 9.47 Å². The Morgan fingerprint density at radius 3 is 2.70 bits per heavy atom. The Hall–Kier alpha value is -2.31. The monoisotopic (exact) mass is 316 g/mol. The van der Waals surface area contributed by atoms with Crippen LogP contribution < -0.4 is 0 Å². The Morgan fingerprint density at radius 2 is 1.96 bits per heavy atom. The van der Waals surface area contributed by atoms with E-state index < -0.39 is 17.8 Å². The molecule has 1 aromatic rings. The number of aliphatic hydroxyl groups is 1. The molecule has 1 heterocycles. The first-order valence-electron chi connectivity index (χ1n) is 7.37. The quantitative estimate of drug-likeness (QED) is 0.889. The van der Waals surface area contributed by atoms with E-state index >= 15 is 0 Å². The van der Waals surface area contributed by atoms with Crippen molar-refractivity contribution in [1.29, 1.82) is 0 Å². The number of Topliss-reactive ketones (excluding diaryl/α,β-unsaturated/α-hetero) is 2. The number of fused-ring (bicyclic) bond motifs is 1. The predicted octanol–water partition coefficient (Wildman–Crippen LogP) is 0.933. The number of carbonyl (C=O) groups is 3. The minimum absolute atomic E-state index is 0.126. The topological polar surface area (TPSA) is 89.9 Å². The van der Waals surface area contributed by atoms with Crippen LogP contribution in [0.1, 0.15) is 27.1 Å². The number of ether oxygens (including phenoxy) is 2. The number of allylic oxidation sites excluding steroid dienone is 2. The fourth-order valence-corrected chi connectivity index (χ4v) is 2.70. The van der Waals surface area contributed by atoms with Crippen molar-refractivity contribution < 1.29 is 29.0 Å². The van der Waals surface area contributed by atoms with Gasteiger partial charge in [0.25, 0.3) is 0 Å². The van der Waals surface area contributed by atoms with Crippen molar-refractivity contribution in [3.8, 4) is 0 Å². The highest BCUT2D eigenvalue weighted by Crippen LogP contribution is 2.22. The van der Waals surface area contributed by atoms with Crippen LogP contribution in [0.2, 0.25) is 0 Å². The van der Waals surface area contributed by atoms with E-state index in [0.717, 1.165) is 6.08 Å². The summed E-state index contributed by atoms with van der Waals surface area (Å²) in [4.78, 5) is 36.3. The van der Waals surface area contributed by atoms with Crippen molar-refractivity contribution in [1.82, 2.24) is 0 Å². The van der Waals surface area contributed by atoms with Crippen LogP contribution in [0.25, 0.3) is 0 Å². The van der Waals surface area contributed by atoms with Crippen LogP contribution in [-0.2, 0) is 14.3 Å². The third-order valence-corrected chi connectivity index (χ3v) is 3.93. The van der Waals surface area contributed by atoms with E-state index in [1.54, 1.807) is 24.3 Å². The van der Waals surface area contributed by atoms with E-state index in [9.17, 15) is 19.5 Å². The maximum Gasteiger partial charge on any atom is 0.228 e. The summed E-state index contributed by atoms with van der Waals surface area (Å²) in [6, 6.07) is 6.48. The summed E-state index contributed by atoms with van der Waals surface area (Å²) in [6.45, 7) is 0.126. The zero-order valence-electron chi connectivity index (χ0n) is 12.4. The van der Waals surface area contributed by atoms with Gasteiger partial charge in [-0.3, -0.25) is 14.4 Å². The van der Waals surface area contributed by atoms with Crippen molar-refractivity contribution in [3.63, 3.8) is 0 Å². The molecule has 0 saturated carbocycles. The summed E-state index contributed by atoms with van der Waals surface area (Å²) < 4.78 is 10.4. The molecule has 1 fully saturated rings. The highest BCUT2D eigenvalue weighted by molar-refractivity contribution is 6.23. The van der Waals surface area contributed by atoms with Crippen molar-refractivity contribution >= 4 is 17.3 Å². The first-order chi connectivity index (χ1) is 11.1. The smallest absolute Gasteiger partial charge is 0.228 e. The molecule has 1 aromatic carbocycles. The van der Waals surface area contributed by atoms with Crippen LogP contribution in [0.5, 0.6) is 0 Å². The zero-order chi connectivity index (χ0) is 16.4. The molecule has 1 N–H and O–H groups in total. The summed E-state index contributed by atoms with van der Waals surface area (Å²) in [5, 5.41) is 9.50. The minimum Gasteiger partial charge on any atom is -0.482 e. The summed E-state index contributed by atoms with van der Waals surface area (Å²) in [7, 11) is 0. The second-order valence-electron chi connectivity index (χ2n) is 5.63. The molecule has 0 aromatic heterocycles. The van der Waals surface area contributed by atoms with Gasteiger partial charge in [-0.05, 0) is 6.42 Å². The molecular weight excluding hydrogens is 300 g/mol. The van der Waals surface area contributed by atoms with E-state index in [2.05, 4.69) is 0 Å². The van der Waals surface area contributed by atoms with Gasteiger partial charge in [-0.2, -0.15) is 0 Å². The molecule has 1 aliphatic heterocycles. The third-order valence-electron chi connectivity index (χ3n) is 3.93. The van der Waals surface area contributed by atoms with Crippen LogP contribution in [0, 0.1) is 5.92 Å². The molecular formula is C17H16O6. The maximum absolute atomic E-state index is 12.3. The standard InChI is InChI=1S/C17H16O6/c18-11-5-10(7-22-8-11)15(20)9-23-16-6-14(19)12-3-1-2-4-13(12)17(16)21/h1-4,6,10-11,18H,5,7-9H2/t10?,11-/m0/s1. The van der Waals surface area contributed by atoms with Gasteiger partial charge < -0.3 is 14.6 Å². The largest absolute Gasteiger partial charge is 0.482 e. The first kappa shape index (κ1) is 15.6. The van der Waals surface area contributed by atoms with Crippen LogP contribution in [-0.4, -0.2) is 48.4 Å². The lowest BCUT2D eigenvalue weighted by atomic mass is 9.93. The molecule has 0 radical (unpaired) electrons. The molecule has 1 aliphatic carbocycles. The first-order valence-corrected chi connectivity index (χ1v) is 7.37. The van der Waals surface area contributed by atoms with Gasteiger partial charge in [0, 0.05) is 23.1 Å². The highest BCUT2D eigenvalue weighted by atomic mass is 16.5. The number of aliphatic hydroxyl groups excluding tert-OH is 1. The predicted molar refractivity (Wildman–Crippen MR) is 79.1 cm³/mol. The average molecular weight is 316 g/mol. The molecule has 6 heteroatoms. The van der Waals surface area contributed by atoms with E-state index in [1.165, 1.54) is 0 Å². The normalized spacial score (nSPS) is 24.0. The van der Waals surface area contributed by atoms with Gasteiger partial charge in [0.2, 0.25) is 5.78 Å². The Kier molecular flexibility index (Phi) is 4.36. The Labute approximate surface area is 132 Å². The maximum atomic E-state index is 12.3. The average Bonchev–Trinajstić information content (AvgIpc) is 2.56. The van der Waals surface area contributed by atoms with Crippen molar-refractivity contribution in [2.24, 2.45) is 5.92 Å². The van der Waals surface area contributed by atoms with Gasteiger partial charge in [-0.1, -0.05) is 24.3 Å². The van der Waals surface area contributed by atoms with Gasteiger partial charge in [0.15, 0.2) is 17.3 Å². The van der Waals surface area contributed by atoms with Gasteiger partial charge in [-0.25, -0.2) is 0 Å². The van der Waals surface area contributed by atoms with Crippen LogP contribution in [0.3, 0.4) is 0 Å². The number of hydrogen-bond donors (Lipinski definition) is 1. The highest BCUT2D eigenvalue weighted by Gasteiger charge is 2.30. The number of ketones is 3. The second-order valence-corrected chi connectivity index (χ2v) is 5.63. The van der Waals surface area contributed by atoms with Gasteiger partial charge >= 0.3 is 0 Å². The number of rotatable bonds is 4. The summed E-state index contributed by atoms with van der Waals surface area (Å²) >= 11 is 0. The molecule has 2 atom stereocenters. The number of benzene rings is 1. The van der Waals surface area contributed by atoms with Crippen LogP contribution >= 0.6 is 0 Å². The van der Waals surface area contributed by atoms with E-state index in [1.807, 2.05) is 0 Å². The van der Waals surface area contributed by atoms with Crippen molar-refractivity contribution in [3.05, 3.63) is 47.2 Å². The summed E-state index contributed by atoms with van der Waals surface area (Å²) in [5.41, 5.74) is 0.610. The summed E-state index contributed by atoms with van der Waals surface area (Å²) in [6.07, 6.45) is 0.767. The van der Waals surface area contributed by atoms with Gasteiger partial charge in [0.1, 0.15) is 6.61 Å².